The SMILES string of the molecule is CCCCCCCCn1c(C)c(C2(c3ccc(N(CC)CC)cc3OCC)OC(=O)c3cccnc32)c2ccccc21.CCOc1cc(N(CC)CC)ccc1C1(c2c(C)n(CC)c3ccccc23)OC(=O)c2cccnc21. The zero-order valence-corrected chi connectivity index (χ0v) is 47.6. The fourth-order valence-corrected chi connectivity index (χ4v) is 12.4. The second-order valence-electron chi connectivity index (χ2n) is 20.1. The summed E-state index contributed by atoms with van der Waals surface area (Å²) in [5.41, 5.74) is 9.76. The van der Waals surface area contributed by atoms with Crippen molar-refractivity contribution < 1.29 is 28.5 Å². The molecular formula is C66H78N6O6. The number of para-hydroxylation sites is 2. The van der Waals surface area contributed by atoms with Crippen molar-refractivity contribution in [3.63, 3.8) is 0 Å². The van der Waals surface area contributed by atoms with Crippen LogP contribution in [0.25, 0.3) is 21.8 Å². The molecule has 4 aromatic carbocycles. The average molecular weight is 1050 g/mol. The Morgan fingerprint density at radius 3 is 1.40 bits per heavy atom. The molecule has 2 aliphatic heterocycles. The molecule has 0 N–H and O–H groups in total. The number of carbonyl (C=O) groups excluding carboxylic acids is 2. The summed E-state index contributed by atoms with van der Waals surface area (Å²) < 4.78 is 30.3. The van der Waals surface area contributed by atoms with Gasteiger partial charge in [-0.3, -0.25) is 9.97 Å². The number of carbonyl (C=O) groups is 2. The first-order valence-electron chi connectivity index (χ1n) is 28.6. The summed E-state index contributed by atoms with van der Waals surface area (Å²) in [5.74, 6) is 0.669. The predicted octanol–water partition coefficient (Wildman–Crippen LogP) is 14.5. The largest absolute Gasteiger partial charge is 0.493 e. The fraction of sp³-hybridized carbons (Fsp3) is 0.394. The van der Waals surface area contributed by atoms with Gasteiger partial charge in [0.1, 0.15) is 22.9 Å². The molecule has 8 aromatic rings. The van der Waals surface area contributed by atoms with Gasteiger partial charge in [0.2, 0.25) is 11.2 Å². The van der Waals surface area contributed by atoms with Gasteiger partial charge in [-0.1, -0.05) is 75.4 Å². The van der Waals surface area contributed by atoms with Crippen LogP contribution in [0.4, 0.5) is 11.4 Å². The Morgan fingerprint density at radius 1 is 0.513 bits per heavy atom. The number of hydrogen-bond acceptors (Lipinski definition) is 10. The Balaban J connectivity index is 0.000000192. The molecule has 0 radical (unpaired) electrons. The van der Waals surface area contributed by atoms with Crippen LogP contribution < -0.4 is 19.3 Å². The van der Waals surface area contributed by atoms with E-state index in [2.05, 4.69) is 141 Å². The van der Waals surface area contributed by atoms with Crippen LogP contribution in [0.3, 0.4) is 0 Å². The van der Waals surface area contributed by atoms with Crippen LogP contribution in [-0.4, -0.2) is 70.4 Å². The summed E-state index contributed by atoms with van der Waals surface area (Å²) in [4.78, 5) is 41.2. The van der Waals surface area contributed by atoms with Gasteiger partial charge in [-0.05, 0) is 129 Å². The fourth-order valence-electron chi connectivity index (χ4n) is 12.4. The van der Waals surface area contributed by atoms with E-state index in [-0.39, 0.29) is 11.9 Å². The summed E-state index contributed by atoms with van der Waals surface area (Å²) in [5, 5.41) is 2.11. The van der Waals surface area contributed by atoms with Gasteiger partial charge in [0.15, 0.2) is 0 Å². The normalized spacial score (nSPS) is 16.4. The zero-order valence-electron chi connectivity index (χ0n) is 47.6. The van der Waals surface area contributed by atoms with Gasteiger partial charge < -0.3 is 37.9 Å². The van der Waals surface area contributed by atoms with Crippen LogP contribution in [0.5, 0.6) is 11.5 Å². The highest BCUT2D eigenvalue weighted by Gasteiger charge is 2.55. The van der Waals surface area contributed by atoms with Crippen LogP contribution in [0, 0.1) is 13.8 Å². The third-order valence-corrected chi connectivity index (χ3v) is 16.0. The van der Waals surface area contributed by atoms with E-state index in [1.54, 1.807) is 30.6 Å². The van der Waals surface area contributed by atoms with Gasteiger partial charge in [-0.2, -0.15) is 0 Å². The Hall–Kier alpha value is -7.60. The molecule has 0 amide bonds. The van der Waals surface area contributed by atoms with Crippen molar-refractivity contribution in [3.05, 3.63) is 178 Å². The minimum Gasteiger partial charge on any atom is -0.493 e. The molecule has 0 saturated carbocycles. The molecule has 2 unspecified atom stereocenters. The van der Waals surface area contributed by atoms with E-state index in [1.807, 2.05) is 38.1 Å². The van der Waals surface area contributed by atoms with Gasteiger partial charge in [0.25, 0.3) is 0 Å². The number of unbranched alkanes of at least 4 members (excludes halogenated alkanes) is 5. The highest BCUT2D eigenvalue weighted by Crippen LogP contribution is 2.55. The molecule has 78 heavy (non-hydrogen) atoms. The summed E-state index contributed by atoms with van der Waals surface area (Å²) in [6.45, 7) is 27.4. The standard InChI is InChI=1S/C36H45N3O3.C30H33N3O3/c1-6-10-11-12-13-16-24-39-26(5)33(28-18-14-15-20-31(28)39)36(34-29(35(40)42-36)19-17-23-37-34)30-22-21-27(38(7-2)8-3)25-32(30)41-9-4;1-6-32(7-2)21-16-17-24(26(19-21)35-9-4)30(28-23(29(34)36-30)14-12-18-31-28)27-20(5)33(8-3)25-15-11-10-13-22(25)27/h14-15,17-23,25H,6-13,16,24H2,1-5H3;10-19H,6-9H2,1-5H3. The minimum absolute atomic E-state index is 0.361. The molecule has 4 aromatic heterocycles. The smallest absolute Gasteiger partial charge is 0.341 e. The van der Waals surface area contributed by atoms with Crippen molar-refractivity contribution in [1.82, 2.24) is 19.1 Å². The Morgan fingerprint density at radius 2 is 0.949 bits per heavy atom. The van der Waals surface area contributed by atoms with Gasteiger partial charge >= 0.3 is 11.9 Å². The van der Waals surface area contributed by atoms with E-state index in [0.29, 0.717) is 47.2 Å². The molecule has 0 fully saturated rings. The number of rotatable bonds is 22. The predicted molar refractivity (Wildman–Crippen MR) is 314 cm³/mol. The Kier molecular flexibility index (Phi) is 16.9. The monoisotopic (exact) mass is 1050 g/mol. The molecule has 12 nitrogen and oxygen atoms in total. The number of anilines is 2. The number of cyclic esters (lactones) is 2. The van der Waals surface area contributed by atoms with E-state index >= 15 is 0 Å². The number of nitrogens with zero attached hydrogens (tertiary/aromatic N) is 6. The molecule has 2 aliphatic rings. The minimum atomic E-state index is -1.24. The number of esters is 2. The van der Waals surface area contributed by atoms with Crippen molar-refractivity contribution >= 4 is 45.1 Å². The highest BCUT2D eigenvalue weighted by molar-refractivity contribution is 5.99. The first-order chi connectivity index (χ1) is 38.0. The lowest BCUT2D eigenvalue weighted by Crippen LogP contribution is -2.32. The number of benzene rings is 4. The van der Waals surface area contributed by atoms with Crippen molar-refractivity contribution in [2.24, 2.45) is 0 Å². The number of pyridine rings is 2. The maximum atomic E-state index is 13.6. The molecule has 2 atom stereocenters. The topological polar surface area (TPSA) is 113 Å². The second kappa shape index (κ2) is 24.0. The van der Waals surface area contributed by atoms with E-state index in [4.69, 9.17) is 28.9 Å². The number of aryl methyl sites for hydroxylation is 2. The summed E-state index contributed by atoms with van der Waals surface area (Å²) >= 11 is 0. The van der Waals surface area contributed by atoms with Gasteiger partial charge in [0.05, 0.1) is 24.3 Å². The summed E-state index contributed by atoms with van der Waals surface area (Å²) in [6, 6.07) is 36.5. The Labute approximate surface area is 461 Å². The third-order valence-electron chi connectivity index (χ3n) is 16.0. The molecule has 0 spiro atoms. The van der Waals surface area contributed by atoms with Crippen molar-refractivity contribution in [2.75, 3.05) is 49.2 Å². The van der Waals surface area contributed by atoms with Crippen molar-refractivity contribution in [2.45, 2.75) is 132 Å². The van der Waals surface area contributed by atoms with Gasteiger partial charge in [-0.15, -0.1) is 0 Å². The van der Waals surface area contributed by atoms with Crippen LogP contribution in [0.1, 0.15) is 160 Å². The number of fused-ring (bicyclic) bond motifs is 4. The molecule has 6 heterocycles. The number of ether oxygens (including phenoxy) is 4. The second-order valence-corrected chi connectivity index (χ2v) is 20.1. The lowest BCUT2D eigenvalue weighted by Gasteiger charge is -2.32. The van der Waals surface area contributed by atoms with Crippen molar-refractivity contribution in [3.8, 4) is 11.5 Å². The van der Waals surface area contributed by atoms with E-state index < -0.39 is 11.2 Å². The molecule has 0 saturated heterocycles. The van der Waals surface area contributed by atoms with Crippen LogP contribution >= 0.6 is 0 Å². The first-order valence-corrected chi connectivity index (χ1v) is 28.6. The maximum Gasteiger partial charge on any atom is 0.341 e. The quantitative estimate of drug-likeness (QED) is 0.0480. The van der Waals surface area contributed by atoms with Crippen LogP contribution in [0.2, 0.25) is 0 Å². The van der Waals surface area contributed by atoms with Crippen molar-refractivity contribution in [1.29, 1.82) is 0 Å². The summed E-state index contributed by atoms with van der Waals surface area (Å²) in [6.07, 6.45) is 10.9. The molecule has 10 rings (SSSR count). The molecular weight excluding hydrogens is 973 g/mol. The van der Waals surface area contributed by atoms with Gasteiger partial charge in [0, 0.05) is 131 Å². The highest BCUT2D eigenvalue weighted by atomic mass is 16.6. The van der Waals surface area contributed by atoms with Crippen LogP contribution in [-0.2, 0) is 33.8 Å². The molecule has 408 valence electrons. The molecule has 0 aliphatic carbocycles. The first kappa shape index (κ1) is 55.2. The molecule has 0 bridgehead atoms. The molecule has 12 heteroatoms. The number of hydrogen-bond donors (Lipinski definition) is 0. The Bertz CT molecular complexity index is 3420. The van der Waals surface area contributed by atoms with E-state index in [9.17, 15) is 9.59 Å². The van der Waals surface area contributed by atoms with Crippen LogP contribution in [0.15, 0.2) is 122 Å². The maximum absolute atomic E-state index is 13.6. The lowest BCUT2D eigenvalue weighted by atomic mass is 9.80. The summed E-state index contributed by atoms with van der Waals surface area (Å²) in [7, 11) is 0. The van der Waals surface area contributed by atoms with E-state index in [1.165, 1.54) is 32.1 Å². The lowest BCUT2D eigenvalue weighted by molar-refractivity contribution is 0.0228. The third kappa shape index (κ3) is 9.55. The number of aromatic nitrogens is 4. The zero-order chi connectivity index (χ0) is 55.1. The average Bonchev–Trinajstić information content (AvgIpc) is 3.51. The van der Waals surface area contributed by atoms with E-state index in [0.717, 1.165) is 113 Å². The van der Waals surface area contributed by atoms with Gasteiger partial charge in [-0.25, -0.2) is 9.59 Å².